The minimum Gasteiger partial charge on any atom is -0.497 e. The molecule has 0 saturated heterocycles. The van der Waals surface area contributed by atoms with Crippen molar-refractivity contribution < 1.29 is 14.1 Å². The lowest BCUT2D eigenvalue weighted by Crippen LogP contribution is -2.22. The molecule has 0 fully saturated rings. The Kier molecular flexibility index (Phi) is 4.88. The van der Waals surface area contributed by atoms with Crippen molar-refractivity contribution in [2.45, 2.75) is 6.54 Å². The fourth-order valence-electron chi connectivity index (χ4n) is 2.86. The van der Waals surface area contributed by atoms with Crippen molar-refractivity contribution in [3.63, 3.8) is 0 Å². The third kappa shape index (κ3) is 3.64. The van der Waals surface area contributed by atoms with E-state index < -0.39 is 0 Å². The predicted octanol–water partition coefficient (Wildman–Crippen LogP) is 3.67. The number of carbonyl (C=O) groups excluding carboxylic acids is 1. The first kappa shape index (κ1) is 17.5. The van der Waals surface area contributed by atoms with Crippen LogP contribution in [0.2, 0.25) is 0 Å². The van der Waals surface area contributed by atoms with Crippen molar-refractivity contribution in [2.75, 3.05) is 7.11 Å². The van der Waals surface area contributed by atoms with Crippen LogP contribution in [0.1, 0.15) is 16.1 Å². The highest BCUT2D eigenvalue weighted by Crippen LogP contribution is 2.32. The van der Waals surface area contributed by atoms with Crippen molar-refractivity contribution in [2.24, 2.45) is 0 Å². The van der Waals surface area contributed by atoms with Crippen LogP contribution in [-0.4, -0.2) is 28.1 Å². The largest absolute Gasteiger partial charge is 0.497 e. The quantitative estimate of drug-likeness (QED) is 0.537. The Hall–Kier alpha value is -3.87. The summed E-state index contributed by atoms with van der Waals surface area (Å²) in [6.45, 7) is 0.427. The lowest BCUT2D eigenvalue weighted by molar-refractivity contribution is 0.0946. The summed E-state index contributed by atoms with van der Waals surface area (Å²) in [5.41, 5.74) is 4.65. The molecule has 7 heteroatoms. The number of pyridine rings is 1. The number of methoxy groups -OCH3 is 1. The standard InChI is InChI=1S/C21H18N4O3/c1-27-17-4-2-15(3-5-17)18-13-28-25-20(18)16-10-19(23-12-16)21(26)24-11-14-6-8-22-9-7-14/h2-10,12-13,23H,11H2,1H3,(H,24,26). The number of carbonyl (C=O) groups is 1. The van der Waals surface area contributed by atoms with Gasteiger partial charge in [-0.05, 0) is 41.5 Å². The van der Waals surface area contributed by atoms with Gasteiger partial charge < -0.3 is 19.6 Å². The summed E-state index contributed by atoms with van der Waals surface area (Å²) in [5.74, 6) is 0.578. The van der Waals surface area contributed by atoms with Crippen LogP contribution in [0.3, 0.4) is 0 Å². The zero-order valence-electron chi connectivity index (χ0n) is 15.2. The molecule has 0 aliphatic rings. The summed E-state index contributed by atoms with van der Waals surface area (Å²) in [4.78, 5) is 19.4. The Balaban J connectivity index is 1.51. The van der Waals surface area contributed by atoms with Crippen LogP contribution in [0, 0.1) is 0 Å². The molecule has 4 rings (SSSR count). The zero-order valence-corrected chi connectivity index (χ0v) is 15.2. The molecule has 140 valence electrons. The third-order valence-electron chi connectivity index (χ3n) is 4.37. The molecule has 3 heterocycles. The fraction of sp³-hybridized carbons (Fsp3) is 0.0952. The number of rotatable bonds is 6. The maximum Gasteiger partial charge on any atom is 0.267 e. The van der Waals surface area contributed by atoms with Gasteiger partial charge in [-0.3, -0.25) is 9.78 Å². The molecule has 0 aliphatic carbocycles. The summed E-state index contributed by atoms with van der Waals surface area (Å²) in [6, 6.07) is 13.1. The van der Waals surface area contributed by atoms with Gasteiger partial charge in [0.2, 0.25) is 0 Å². The lowest BCUT2D eigenvalue weighted by atomic mass is 10.0. The van der Waals surface area contributed by atoms with E-state index in [4.69, 9.17) is 9.26 Å². The van der Waals surface area contributed by atoms with Gasteiger partial charge in [0.05, 0.1) is 7.11 Å². The van der Waals surface area contributed by atoms with E-state index in [9.17, 15) is 4.79 Å². The van der Waals surface area contributed by atoms with Gasteiger partial charge >= 0.3 is 0 Å². The Labute approximate surface area is 161 Å². The molecule has 4 aromatic rings. The molecule has 0 unspecified atom stereocenters. The van der Waals surface area contributed by atoms with Gasteiger partial charge in [0.1, 0.15) is 23.4 Å². The molecular weight excluding hydrogens is 356 g/mol. The number of nitrogens with zero attached hydrogens (tertiary/aromatic N) is 2. The highest BCUT2D eigenvalue weighted by molar-refractivity contribution is 5.94. The maximum absolute atomic E-state index is 12.4. The maximum atomic E-state index is 12.4. The van der Waals surface area contributed by atoms with Crippen LogP contribution in [0.25, 0.3) is 22.4 Å². The SMILES string of the molecule is COc1ccc(-c2conc2-c2c[nH]c(C(=O)NCc3ccncc3)c2)cc1. The lowest BCUT2D eigenvalue weighted by Gasteiger charge is -2.03. The van der Waals surface area contributed by atoms with E-state index in [0.29, 0.717) is 17.9 Å². The highest BCUT2D eigenvalue weighted by Gasteiger charge is 2.16. The molecule has 0 atom stereocenters. The van der Waals surface area contributed by atoms with Crippen LogP contribution in [-0.2, 0) is 6.54 Å². The molecule has 7 nitrogen and oxygen atoms in total. The first-order valence-electron chi connectivity index (χ1n) is 8.69. The molecule has 0 radical (unpaired) electrons. The number of benzene rings is 1. The number of ether oxygens (including phenoxy) is 1. The molecule has 3 aromatic heterocycles. The summed E-state index contributed by atoms with van der Waals surface area (Å²) < 4.78 is 10.4. The molecule has 1 aromatic carbocycles. The molecule has 2 N–H and O–H groups in total. The van der Waals surface area contributed by atoms with E-state index in [0.717, 1.165) is 28.0 Å². The topological polar surface area (TPSA) is 93.0 Å². The molecule has 0 bridgehead atoms. The summed E-state index contributed by atoms with van der Waals surface area (Å²) in [6.07, 6.45) is 6.72. The van der Waals surface area contributed by atoms with Gasteiger partial charge in [0.15, 0.2) is 0 Å². The van der Waals surface area contributed by atoms with Crippen LogP contribution in [0.5, 0.6) is 5.75 Å². The van der Waals surface area contributed by atoms with E-state index in [1.807, 2.05) is 36.4 Å². The Morgan fingerprint density at radius 3 is 2.68 bits per heavy atom. The molecule has 0 spiro atoms. The van der Waals surface area contributed by atoms with Crippen LogP contribution in [0.4, 0.5) is 0 Å². The van der Waals surface area contributed by atoms with Crippen LogP contribution < -0.4 is 10.1 Å². The zero-order chi connectivity index (χ0) is 19.3. The Morgan fingerprint density at radius 2 is 1.93 bits per heavy atom. The van der Waals surface area contributed by atoms with Crippen molar-refractivity contribution in [3.8, 4) is 28.1 Å². The highest BCUT2D eigenvalue weighted by atomic mass is 16.5. The second kappa shape index (κ2) is 7.79. The van der Waals surface area contributed by atoms with Gasteiger partial charge in [-0.25, -0.2) is 0 Å². The van der Waals surface area contributed by atoms with Gasteiger partial charge in [-0.15, -0.1) is 0 Å². The van der Waals surface area contributed by atoms with Crippen molar-refractivity contribution >= 4 is 5.91 Å². The molecule has 0 aliphatic heterocycles. The predicted molar refractivity (Wildman–Crippen MR) is 104 cm³/mol. The van der Waals surface area contributed by atoms with Crippen molar-refractivity contribution in [1.29, 1.82) is 0 Å². The van der Waals surface area contributed by atoms with E-state index in [1.54, 1.807) is 38.0 Å². The Morgan fingerprint density at radius 1 is 1.14 bits per heavy atom. The minimum atomic E-state index is -0.197. The first-order valence-corrected chi connectivity index (χ1v) is 8.69. The number of aromatic nitrogens is 3. The van der Waals surface area contributed by atoms with Gasteiger partial charge in [0, 0.05) is 36.3 Å². The molecule has 1 amide bonds. The van der Waals surface area contributed by atoms with Gasteiger partial charge in [0.25, 0.3) is 5.91 Å². The minimum absolute atomic E-state index is 0.197. The molecule has 0 saturated carbocycles. The number of H-pyrrole nitrogens is 1. The fourth-order valence-corrected chi connectivity index (χ4v) is 2.86. The second-order valence-electron chi connectivity index (χ2n) is 6.15. The smallest absolute Gasteiger partial charge is 0.267 e. The van der Waals surface area contributed by atoms with Crippen molar-refractivity contribution in [3.05, 3.63) is 78.6 Å². The monoisotopic (exact) mass is 374 g/mol. The van der Waals surface area contributed by atoms with E-state index in [2.05, 4.69) is 20.4 Å². The normalized spacial score (nSPS) is 10.6. The summed E-state index contributed by atoms with van der Waals surface area (Å²) in [7, 11) is 1.63. The van der Waals surface area contributed by atoms with E-state index in [1.165, 1.54) is 0 Å². The number of aromatic amines is 1. The third-order valence-corrected chi connectivity index (χ3v) is 4.37. The van der Waals surface area contributed by atoms with E-state index >= 15 is 0 Å². The Bertz CT molecular complexity index is 1070. The van der Waals surface area contributed by atoms with Crippen molar-refractivity contribution in [1.82, 2.24) is 20.4 Å². The van der Waals surface area contributed by atoms with Crippen LogP contribution in [0.15, 0.2) is 71.8 Å². The average Bonchev–Trinajstić information content (AvgIpc) is 3.42. The number of hydrogen-bond donors (Lipinski definition) is 2. The number of amides is 1. The van der Waals surface area contributed by atoms with Gasteiger partial charge in [-0.2, -0.15) is 0 Å². The summed E-state index contributed by atoms with van der Waals surface area (Å²) in [5, 5.41) is 6.98. The van der Waals surface area contributed by atoms with Crippen LogP contribution >= 0.6 is 0 Å². The molecule has 28 heavy (non-hydrogen) atoms. The second-order valence-corrected chi connectivity index (χ2v) is 6.15. The number of nitrogens with one attached hydrogen (secondary N) is 2. The molecular formula is C21H18N4O3. The summed E-state index contributed by atoms with van der Waals surface area (Å²) >= 11 is 0. The van der Waals surface area contributed by atoms with E-state index in [-0.39, 0.29) is 5.91 Å². The first-order chi connectivity index (χ1) is 13.7. The van der Waals surface area contributed by atoms with Gasteiger partial charge in [-0.1, -0.05) is 17.3 Å². The number of hydrogen-bond acceptors (Lipinski definition) is 5. The average molecular weight is 374 g/mol.